The average molecular weight is 166 g/mol. The summed E-state index contributed by atoms with van der Waals surface area (Å²) in [6.45, 7) is 5.71. The molecule has 3 nitrogen and oxygen atoms in total. The fraction of sp³-hybridized carbons (Fsp3) is 0.556. The van der Waals surface area contributed by atoms with E-state index in [1.807, 2.05) is 0 Å². The maximum absolute atomic E-state index is 11.4. The Balaban J connectivity index is 2.77. The Morgan fingerprint density at radius 2 is 2.42 bits per heavy atom. The van der Waals surface area contributed by atoms with E-state index < -0.39 is 0 Å². The highest BCUT2D eigenvalue weighted by Crippen LogP contribution is 2.17. The predicted molar refractivity (Wildman–Crippen MR) is 48.8 cm³/mol. The minimum atomic E-state index is -0.171. The third kappa shape index (κ3) is 1.40. The Morgan fingerprint density at radius 1 is 1.75 bits per heavy atom. The molecule has 0 saturated carbocycles. The van der Waals surface area contributed by atoms with Crippen LogP contribution in [0.25, 0.3) is 0 Å². The molecule has 12 heavy (non-hydrogen) atoms. The monoisotopic (exact) mass is 166 g/mol. The Kier molecular flexibility index (Phi) is 2.63. The van der Waals surface area contributed by atoms with Gasteiger partial charge < -0.3 is 0 Å². The fourth-order valence-electron chi connectivity index (χ4n) is 1.35. The van der Waals surface area contributed by atoms with Crippen molar-refractivity contribution in [2.75, 3.05) is 7.05 Å². The second-order valence-corrected chi connectivity index (χ2v) is 2.92. The normalized spacial score (nSPS) is 22.8. The van der Waals surface area contributed by atoms with E-state index in [0.29, 0.717) is 0 Å². The van der Waals surface area contributed by atoms with E-state index in [4.69, 9.17) is 0 Å². The van der Waals surface area contributed by atoms with Crippen LogP contribution in [0.15, 0.2) is 17.8 Å². The molecular formula is C9H14N2O. The molecule has 66 valence electrons. The lowest BCUT2D eigenvalue weighted by Gasteiger charge is -2.04. The molecule has 1 atom stereocenters. The summed E-state index contributed by atoms with van der Waals surface area (Å²) in [7, 11) is 1.68. The number of carbonyl (C=O) groups excluding carboxylic acids is 1. The number of carbonyl (C=O) groups is 1. The lowest BCUT2D eigenvalue weighted by atomic mass is 10.0. The van der Waals surface area contributed by atoms with Crippen LogP contribution in [0, 0.1) is 5.92 Å². The van der Waals surface area contributed by atoms with Gasteiger partial charge in [0.15, 0.2) is 0 Å². The highest BCUT2D eigenvalue weighted by Gasteiger charge is 2.30. The molecule has 0 aromatic heterocycles. The summed E-state index contributed by atoms with van der Waals surface area (Å²) >= 11 is 0. The molecule has 1 heterocycles. The fourth-order valence-corrected chi connectivity index (χ4v) is 1.35. The minimum Gasteiger partial charge on any atom is -0.272 e. The highest BCUT2D eigenvalue weighted by molar-refractivity contribution is 6.09. The van der Waals surface area contributed by atoms with E-state index >= 15 is 0 Å². The molecular weight excluding hydrogens is 152 g/mol. The molecule has 0 radical (unpaired) electrons. The molecule has 0 fully saturated rings. The molecule has 0 spiro atoms. The van der Waals surface area contributed by atoms with Crippen molar-refractivity contribution in [2.24, 2.45) is 11.0 Å². The van der Waals surface area contributed by atoms with Crippen molar-refractivity contribution in [3.8, 4) is 0 Å². The van der Waals surface area contributed by atoms with Crippen molar-refractivity contribution in [1.29, 1.82) is 0 Å². The lowest BCUT2D eigenvalue weighted by Crippen LogP contribution is -2.22. The standard InChI is InChI=1S/C9H14N2O/c1-4-6-8-7(5-2)9(12)11(3)10-8/h5,7H,2,4,6H2,1,3H3. The summed E-state index contributed by atoms with van der Waals surface area (Å²) in [6, 6.07) is 0. The van der Waals surface area contributed by atoms with Gasteiger partial charge in [0.25, 0.3) is 5.91 Å². The van der Waals surface area contributed by atoms with Gasteiger partial charge in [0.05, 0.1) is 11.6 Å². The van der Waals surface area contributed by atoms with Crippen LogP contribution in [0.5, 0.6) is 0 Å². The van der Waals surface area contributed by atoms with Gasteiger partial charge in [-0.15, -0.1) is 6.58 Å². The molecule has 0 bridgehead atoms. The second kappa shape index (κ2) is 3.52. The van der Waals surface area contributed by atoms with Crippen LogP contribution in [0.1, 0.15) is 19.8 Å². The largest absolute Gasteiger partial charge is 0.272 e. The van der Waals surface area contributed by atoms with Gasteiger partial charge in [-0.05, 0) is 6.42 Å². The minimum absolute atomic E-state index is 0.0356. The molecule has 1 amide bonds. The molecule has 1 unspecified atom stereocenters. The van der Waals surface area contributed by atoms with Crippen LogP contribution in [-0.4, -0.2) is 23.7 Å². The third-order valence-electron chi connectivity index (χ3n) is 1.96. The number of hydrogen-bond acceptors (Lipinski definition) is 2. The highest BCUT2D eigenvalue weighted by atomic mass is 16.2. The first-order valence-electron chi connectivity index (χ1n) is 4.18. The van der Waals surface area contributed by atoms with Gasteiger partial charge in [-0.25, -0.2) is 5.01 Å². The molecule has 1 aliphatic rings. The molecule has 1 aliphatic heterocycles. The Hall–Kier alpha value is -1.12. The molecule has 0 N–H and O–H groups in total. The molecule has 0 aliphatic carbocycles. The van der Waals surface area contributed by atoms with Gasteiger partial charge in [-0.2, -0.15) is 5.10 Å². The van der Waals surface area contributed by atoms with Gasteiger partial charge >= 0.3 is 0 Å². The first kappa shape index (κ1) is 8.97. The van der Waals surface area contributed by atoms with Crippen LogP contribution in [0.2, 0.25) is 0 Å². The van der Waals surface area contributed by atoms with E-state index in [-0.39, 0.29) is 11.8 Å². The summed E-state index contributed by atoms with van der Waals surface area (Å²) in [5.74, 6) is -0.136. The van der Waals surface area contributed by atoms with Crippen molar-refractivity contribution < 1.29 is 4.79 Å². The molecule has 3 heteroatoms. The van der Waals surface area contributed by atoms with Crippen molar-refractivity contribution in [3.05, 3.63) is 12.7 Å². The van der Waals surface area contributed by atoms with Crippen LogP contribution < -0.4 is 0 Å². The summed E-state index contributed by atoms with van der Waals surface area (Å²) in [6.07, 6.45) is 3.57. The quantitative estimate of drug-likeness (QED) is 0.583. The Bertz CT molecular complexity index is 233. The predicted octanol–water partition coefficient (Wildman–Crippen LogP) is 1.42. The van der Waals surface area contributed by atoms with Crippen molar-refractivity contribution in [1.82, 2.24) is 5.01 Å². The maximum atomic E-state index is 11.4. The second-order valence-electron chi connectivity index (χ2n) is 2.92. The summed E-state index contributed by atoms with van der Waals surface area (Å²) < 4.78 is 0. The zero-order valence-corrected chi connectivity index (χ0v) is 7.58. The van der Waals surface area contributed by atoms with E-state index in [1.165, 1.54) is 5.01 Å². The number of nitrogens with zero attached hydrogens (tertiary/aromatic N) is 2. The van der Waals surface area contributed by atoms with Gasteiger partial charge in [-0.1, -0.05) is 19.4 Å². The summed E-state index contributed by atoms with van der Waals surface area (Å²) in [5, 5.41) is 5.54. The molecule has 0 aromatic rings. The third-order valence-corrected chi connectivity index (χ3v) is 1.96. The van der Waals surface area contributed by atoms with E-state index in [1.54, 1.807) is 13.1 Å². The molecule has 1 rings (SSSR count). The lowest BCUT2D eigenvalue weighted by molar-refractivity contribution is -0.129. The molecule has 0 saturated heterocycles. The van der Waals surface area contributed by atoms with Crippen LogP contribution in [0.4, 0.5) is 0 Å². The topological polar surface area (TPSA) is 32.7 Å². The Labute approximate surface area is 72.8 Å². The number of hydrogen-bond donors (Lipinski definition) is 0. The summed E-state index contributed by atoms with van der Waals surface area (Å²) in [4.78, 5) is 11.4. The molecule has 0 aromatic carbocycles. The number of rotatable bonds is 3. The van der Waals surface area contributed by atoms with Crippen molar-refractivity contribution >= 4 is 11.6 Å². The zero-order valence-electron chi connectivity index (χ0n) is 7.58. The van der Waals surface area contributed by atoms with Crippen molar-refractivity contribution in [3.63, 3.8) is 0 Å². The van der Waals surface area contributed by atoms with Gasteiger partial charge in [0.2, 0.25) is 0 Å². The summed E-state index contributed by atoms with van der Waals surface area (Å²) in [5.41, 5.74) is 0.944. The Morgan fingerprint density at radius 3 is 2.92 bits per heavy atom. The first-order chi connectivity index (χ1) is 5.70. The van der Waals surface area contributed by atoms with E-state index in [2.05, 4.69) is 18.6 Å². The van der Waals surface area contributed by atoms with E-state index in [0.717, 1.165) is 18.6 Å². The SMILES string of the molecule is C=CC1C(=O)N(C)N=C1CCC. The van der Waals surface area contributed by atoms with Gasteiger partial charge in [0, 0.05) is 7.05 Å². The average Bonchev–Trinajstić information content (AvgIpc) is 2.29. The van der Waals surface area contributed by atoms with Gasteiger partial charge in [-0.3, -0.25) is 4.79 Å². The van der Waals surface area contributed by atoms with Crippen molar-refractivity contribution in [2.45, 2.75) is 19.8 Å². The zero-order chi connectivity index (χ0) is 9.14. The number of hydrazone groups is 1. The smallest absolute Gasteiger partial charge is 0.255 e. The maximum Gasteiger partial charge on any atom is 0.255 e. The van der Waals surface area contributed by atoms with Crippen LogP contribution in [0.3, 0.4) is 0 Å². The van der Waals surface area contributed by atoms with E-state index in [9.17, 15) is 4.79 Å². The van der Waals surface area contributed by atoms with Crippen LogP contribution in [-0.2, 0) is 4.79 Å². The first-order valence-corrected chi connectivity index (χ1v) is 4.18. The number of amides is 1. The van der Waals surface area contributed by atoms with Gasteiger partial charge in [0.1, 0.15) is 0 Å². The van der Waals surface area contributed by atoms with Crippen LogP contribution >= 0.6 is 0 Å².